The van der Waals surface area contributed by atoms with E-state index in [1.807, 2.05) is 14.1 Å². The molecule has 1 aliphatic rings. The first-order valence-corrected chi connectivity index (χ1v) is 11.5. The fraction of sp³-hybridized carbons (Fsp3) is 0.565. The van der Waals surface area contributed by atoms with E-state index in [9.17, 15) is 13.2 Å². The molecular weight excluding hydrogens is 447 g/mol. The molecule has 2 heterocycles. The molecule has 1 aromatic heterocycles. The predicted molar refractivity (Wildman–Crippen MR) is 128 cm³/mol. The number of hydrogen-bond donors (Lipinski definition) is 2. The quantitative estimate of drug-likeness (QED) is 0.475. The Kier molecular flexibility index (Phi) is 9.31. The van der Waals surface area contributed by atoms with Gasteiger partial charge in [-0.2, -0.15) is 4.98 Å². The summed E-state index contributed by atoms with van der Waals surface area (Å²) in [6.45, 7) is 7.34. The van der Waals surface area contributed by atoms with Crippen LogP contribution in [0.3, 0.4) is 0 Å². The van der Waals surface area contributed by atoms with Crippen molar-refractivity contribution in [3.8, 4) is 17.0 Å². The van der Waals surface area contributed by atoms with Crippen molar-refractivity contribution in [1.82, 2.24) is 24.7 Å². The van der Waals surface area contributed by atoms with Crippen LogP contribution in [0.1, 0.15) is 6.42 Å². The van der Waals surface area contributed by atoms with Gasteiger partial charge in [-0.05, 0) is 46.2 Å². The fourth-order valence-electron chi connectivity index (χ4n) is 3.63. The molecule has 34 heavy (non-hydrogen) atoms. The maximum Gasteiger partial charge on any atom is 0.573 e. The van der Waals surface area contributed by atoms with E-state index in [-0.39, 0.29) is 5.75 Å². The maximum absolute atomic E-state index is 12.7. The van der Waals surface area contributed by atoms with Gasteiger partial charge in [0.05, 0.1) is 5.69 Å². The lowest BCUT2D eigenvalue weighted by Crippen LogP contribution is -2.45. The maximum atomic E-state index is 12.7. The number of benzene rings is 1. The number of halogens is 3. The number of alkyl halides is 3. The molecule has 1 fully saturated rings. The highest BCUT2D eigenvalue weighted by Crippen LogP contribution is 2.28. The van der Waals surface area contributed by atoms with Crippen LogP contribution in [0.2, 0.25) is 0 Å². The van der Waals surface area contributed by atoms with Gasteiger partial charge >= 0.3 is 6.36 Å². The third-order valence-electron chi connectivity index (χ3n) is 5.48. The van der Waals surface area contributed by atoms with Crippen LogP contribution in [-0.4, -0.2) is 105 Å². The summed E-state index contributed by atoms with van der Waals surface area (Å²) in [7, 11) is 6.14. The van der Waals surface area contributed by atoms with Crippen molar-refractivity contribution in [2.45, 2.75) is 12.8 Å². The topological polar surface area (TPSA) is 68.8 Å². The Hall–Kier alpha value is -2.63. The zero-order valence-electron chi connectivity index (χ0n) is 20.0. The molecule has 0 bridgehead atoms. The van der Waals surface area contributed by atoms with Gasteiger partial charge in [-0.15, -0.1) is 13.2 Å². The van der Waals surface area contributed by atoms with E-state index in [4.69, 9.17) is 0 Å². The molecular formula is C23H34F3N7O. The van der Waals surface area contributed by atoms with E-state index >= 15 is 0 Å². The summed E-state index contributed by atoms with van der Waals surface area (Å²) in [6, 6.07) is 7.58. The molecule has 0 radical (unpaired) electrons. The lowest BCUT2D eigenvalue weighted by atomic mass is 10.1. The summed E-state index contributed by atoms with van der Waals surface area (Å²) in [4.78, 5) is 15.9. The fourth-order valence-corrected chi connectivity index (χ4v) is 3.63. The molecule has 1 saturated heterocycles. The standard InChI is InChI=1S/C23H34F3N7O/c1-31(2)10-5-8-28-22-29-20(18-6-4-7-19(16-18)34-23(24,25)26)17-21(30-22)27-9-11-33-14-12-32(3)13-15-33/h4,6-7,16-17H,5,8-15H2,1-3H3,(H2,27,28,29,30). The molecule has 1 aromatic carbocycles. The molecule has 188 valence electrons. The molecule has 0 aliphatic carbocycles. The van der Waals surface area contributed by atoms with Gasteiger partial charge in [0.25, 0.3) is 0 Å². The molecule has 3 rings (SSSR count). The first-order chi connectivity index (χ1) is 16.2. The van der Waals surface area contributed by atoms with Crippen LogP contribution in [-0.2, 0) is 0 Å². The summed E-state index contributed by atoms with van der Waals surface area (Å²) in [5, 5.41) is 6.58. The lowest BCUT2D eigenvalue weighted by molar-refractivity contribution is -0.274. The Morgan fingerprint density at radius 1 is 1.03 bits per heavy atom. The van der Waals surface area contributed by atoms with Crippen LogP contribution in [0.15, 0.2) is 30.3 Å². The van der Waals surface area contributed by atoms with Gasteiger partial charge in [-0.3, -0.25) is 4.90 Å². The molecule has 2 aromatic rings. The van der Waals surface area contributed by atoms with Gasteiger partial charge in [0.2, 0.25) is 5.95 Å². The van der Waals surface area contributed by atoms with Gasteiger partial charge in [-0.25, -0.2) is 4.98 Å². The second kappa shape index (κ2) is 12.2. The third-order valence-corrected chi connectivity index (χ3v) is 5.48. The summed E-state index contributed by atoms with van der Waals surface area (Å²) in [5.41, 5.74) is 1.03. The van der Waals surface area contributed by atoms with E-state index in [1.165, 1.54) is 18.2 Å². The Morgan fingerprint density at radius 3 is 2.50 bits per heavy atom. The number of ether oxygens (including phenoxy) is 1. The molecule has 0 atom stereocenters. The average Bonchev–Trinajstić information content (AvgIpc) is 2.77. The minimum Gasteiger partial charge on any atom is -0.406 e. The second-order valence-electron chi connectivity index (χ2n) is 8.69. The van der Waals surface area contributed by atoms with Crippen LogP contribution in [0, 0.1) is 0 Å². The Morgan fingerprint density at radius 2 is 1.79 bits per heavy atom. The summed E-state index contributed by atoms with van der Waals surface area (Å²) in [6.07, 6.45) is -3.85. The van der Waals surface area contributed by atoms with Crippen LogP contribution in [0.5, 0.6) is 5.75 Å². The molecule has 2 N–H and O–H groups in total. The van der Waals surface area contributed by atoms with Crippen molar-refractivity contribution >= 4 is 11.8 Å². The molecule has 8 nitrogen and oxygen atoms in total. The molecule has 0 spiro atoms. The van der Waals surface area contributed by atoms with Crippen molar-refractivity contribution in [2.24, 2.45) is 0 Å². The van der Waals surface area contributed by atoms with Gasteiger partial charge in [0, 0.05) is 57.4 Å². The number of anilines is 2. The van der Waals surface area contributed by atoms with Crippen LogP contribution in [0.4, 0.5) is 24.9 Å². The Bertz CT molecular complexity index is 902. The van der Waals surface area contributed by atoms with Gasteiger partial charge in [0.1, 0.15) is 11.6 Å². The smallest absolute Gasteiger partial charge is 0.406 e. The van der Waals surface area contributed by atoms with E-state index in [2.05, 4.69) is 47.1 Å². The largest absolute Gasteiger partial charge is 0.573 e. The first kappa shape index (κ1) is 26.0. The minimum absolute atomic E-state index is 0.284. The molecule has 0 saturated carbocycles. The number of likely N-dealkylation sites (N-methyl/N-ethyl adjacent to an activating group) is 1. The monoisotopic (exact) mass is 481 g/mol. The average molecular weight is 482 g/mol. The zero-order chi connectivity index (χ0) is 24.6. The zero-order valence-corrected chi connectivity index (χ0v) is 20.0. The van der Waals surface area contributed by atoms with Gasteiger partial charge < -0.3 is 25.2 Å². The van der Waals surface area contributed by atoms with E-state index in [0.717, 1.165) is 45.7 Å². The van der Waals surface area contributed by atoms with Gasteiger partial charge in [0.15, 0.2) is 0 Å². The van der Waals surface area contributed by atoms with E-state index in [1.54, 1.807) is 12.1 Å². The molecule has 1 aliphatic heterocycles. The number of nitrogens with zero attached hydrogens (tertiary/aromatic N) is 5. The minimum atomic E-state index is -4.75. The number of nitrogens with one attached hydrogen (secondary N) is 2. The van der Waals surface area contributed by atoms with Crippen molar-refractivity contribution in [3.05, 3.63) is 30.3 Å². The van der Waals surface area contributed by atoms with Crippen LogP contribution in [0.25, 0.3) is 11.3 Å². The first-order valence-electron chi connectivity index (χ1n) is 11.5. The highest BCUT2D eigenvalue weighted by Gasteiger charge is 2.31. The molecule has 11 heteroatoms. The lowest BCUT2D eigenvalue weighted by Gasteiger charge is -2.32. The highest BCUT2D eigenvalue weighted by atomic mass is 19.4. The van der Waals surface area contributed by atoms with Crippen molar-refractivity contribution in [1.29, 1.82) is 0 Å². The van der Waals surface area contributed by atoms with E-state index < -0.39 is 6.36 Å². The van der Waals surface area contributed by atoms with Crippen LogP contribution < -0.4 is 15.4 Å². The number of hydrogen-bond acceptors (Lipinski definition) is 8. The Balaban J connectivity index is 1.72. The summed E-state index contributed by atoms with van der Waals surface area (Å²) in [5.74, 6) is 0.769. The van der Waals surface area contributed by atoms with E-state index in [0.29, 0.717) is 36.1 Å². The summed E-state index contributed by atoms with van der Waals surface area (Å²) >= 11 is 0. The van der Waals surface area contributed by atoms with Crippen molar-refractivity contribution < 1.29 is 17.9 Å². The van der Waals surface area contributed by atoms with Crippen LogP contribution >= 0.6 is 0 Å². The number of aromatic nitrogens is 2. The van der Waals surface area contributed by atoms with Crippen molar-refractivity contribution in [2.75, 3.05) is 84.1 Å². The highest BCUT2D eigenvalue weighted by molar-refractivity contribution is 5.65. The van der Waals surface area contributed by atoms with Gasteiger partial charge in [-0.1, -0.05) is 12.1 Å². The third kappa shape index (κ3) is 8.96. The number of piperazine rings is 1. The molecule has 0 amide bonds. The number of rotatable bonds is 11. The summed E-state index contributed by atoms with van der Waals surface area (Å²) < 4.78 is 42.1. The SMILES string of the molecule is CN(C)CCCNc1nc(NCCN2CCN(C)CC2)cc(-c2cccc(OC(F)(F)F)c2)n1. The van der Waals surface area contributed by atoms with Crippen molar-refractivity contribution in [3.63, 3.8) is 0 Å². The predicted octanol–water partition coefficient (Wildman–Crippen LogP) is 3.07. The Labute approximate surface area is 199 Å². The normalized spacial score (nSPS) is 15.5. The molecule has 0 unspecified atom stereocenters. The second-order valence-corrected chi connectivity index (χ2v) is 8.69.